The van der Waals surface area contributed by atoms with Crippen LogP contribution in [0.3, 0.4) is 0 Å². The van der Waals surface area contributed by atoms with Gasteiger partial charge >= 0.3 is 5.97 Å². The van der Waals surface area contributed by atoms with Crippen LogP contribution in [-0.2, 0) is 14.9 Å². The highest BCUT2D eigenvalue weighted by Gasteiger charge is 2.28. The van der Waals surface area contributed by atoms with Crippen LogP contribution < -0.4 is 11.1 Å². The summed E-state index contributed by atoms with van der Waals surface area (Å²) >= 11 is 1.13. The van der Waals surface area contributed by atoms with Crippen molar-refractivity contribution in [3.05, 3.63) is 10.6 Å². The summed E-state index contributed by atoms with van der Waals surface area (Å²) in [5.74, 6) is -0.591. The second-order valence-corrected chi connectivity index (χ2v) is 7.00. The van der Waals surface area contributed by atoms with E-state index in [0.29, 0.717) is 28.5 Å². The number of hydrogen-bond donors (Lipinski definition) is 2. The average molecular weight is 313 g/mol. The SMILES string of the molecule is COC(=O)c1sc(NC(=O)CCC(C)N)nc1C(C)(C)C. The number of ether oxygens (including phenoxy) is 1. The second-order valence-electron chi connectivity index (χ2n) is 6.00. The number of nitrogens with two attached hydrogens (primary N) is 1. The number of anilines is 1. The molecule has 1 rings (SSSR count). The Morgan fingerprint density at radius 3 is 2.52 bits per heavy atom. The molecule has 0 aliphatic carbocycles. The van der Waals surface area contributed by atoms with Crippen LogP contribution in [0.4, 0.5) is 5.13 Å². The summed E-state index contributed by atoms with van der Waals surface area (Å²) < 4.78 is 4.77. The van der Waals surface area contributed by atoms with Crippen molar-refractivity contribution in [3.63, 3.8) is 0 Å². The lowest BCUT2D eigenvalue weighted by Gasteiger charge is -2.16. The van der Waals surface area contributed by atoms with E-state index in [1.54, 1.807) is 0 Å². The van der Waals surface area contributed by atoms with Gasteiger partial charge in [-0.3, -0.25) is 4.79 Å². The van der Waals surface area contributed by atoms with Crippen LogP contribution in [0.25, 0.3) is 0 Å². The molecule has 118 valence electrons. The first-order valence-electron chi connectivity index (χ1n) is 6.80. The predicted octanol–water partition coefficient (Wildman–Crippen LogP) is 2.29. The van der Waals surface area contributed by atoms with E-state index in [9.17, 15) is 9.59 Å². The first kappa shape index (κ1) is 17.6. The Morgan fingerprint density at radius 2 is 2.05 bits per heavy atom. The normalized spacial score (nSPS) is 12.9. The quantitative estimate of drug-likeness (QED) is 0.813. The van der Waals surface area contributed by atoms with E-state index in [1.165, 1.54) is 7.11 Å². The molecule has 0 aliphatic heterocycles. The summed E-state index contributed by atoms with van der Waals surface area (Å²) in [6, 6.07) is -0.0252. The van der Waals surface area contributed by atoms with Gasteiger partial charge in [0.25, 0.3) is 0 Å². The Bertz CT molecular complexity index is 518. The Balaban J connectivity index is 2.92. The van der Waals surface area contributed by atoms with Crippen molar-refractivity contribution in [3.8, 4) is 0 Å². The molecule has 3 N–H and O–H groups in total. The highest BCUT2D eigenvalue weighted by molar-refractivity contribution is 7.17. The Hall–Kier alpha value is -1.47. The fourth-order valence-electron chi connectivity index (χ4n) is 1.65. The zero-order chi connectivity index (χ0) is 16.2. The highest BCUT2D eigenvalue weighted by Crippen LogP contribution is 2.32. The second kappa shape index (κ2) is 7.00. The average Bonchev–Trinajstić information content (AvgIpc) is 2.79. The van der Waals surface area contributed by atoms with Gasteiger partial charge in [0.15, 0.2) is 5.13 Å². The number of carbonyl (C=O) groups is 2. The van der Waals surface area contributed by atoms with Crippen molar-refractivity contribution in [2.45, 2.75) is 52.0 Å². The molecule has 0 radical (unpaired) electrons. The summed E-state index contributed by atoms with van der Waals surface area (Å²) in [4.78, 5) is 28.4. The molecule has 1 aromatic rings. The van der Waals surface area contributed by atoms with Gasteiger partial charge in [0.1, 0.15) is 4.88 Å². The molecule has 0 aromatic carbocycles. The van der Waals surface area contributed by atoms with Crippen molar-refractivity contribution < 1.29 is 14.3 Å². The van der Waals surface area contributed by atoms with Crippen molar-refractivity contribution in [1.82, 2.24) is 4.98 Å². The minimum Gasteiger partial charge on any atom is -0.465 e. The molecule has 0 fully saturated rings. The van der Waals surface area contributed by atoms with E-state index < -0.39 is 5.97 Å². The number of thiazole rings is 1. The molecular formula is C14H23N3O3S. The molecule has 21 heavy (non-hydrogen) atoms. The predicted molar refractivity (Wildman–Crippen MR) is 83.7 cm³/mol. The maximum Gasteiger partial charge on any atom is 0.350 e. The van der Waals surface area contributed by atoms with Gasteiger partial charge in [-0.2, -0.15) is 0 Å². The first-order chi connectivity index (χ1) is 9.65. The molecule has 6 nitrogen and oxygen atoms in total. The molecule has 1 atom stereocenters. The summed E-state index contributed by atoms with van der Waals surface area (Å²) in [5.41, 5.74) is 5.94. The minimum atomic E-state index is -0.437. The Kier molecular flexibility index (Phi) is 5.86. The molecule has 0 saturated heterocycles. The largest absolute Gasteiger partial charge is 0.465 e. The third kappa shape index (κ3) is 5.09. The summed E-state index contributed by atoms with van der Waals surface area (Å²) in [7, 11) is 1.33. The van der Waals surface area contributed by atoms with Crippen LogP contribution in [0.5, 0.6) is 0 Å². The van der Waals surface area contributed by atoms with Crippen LogP contribution in [0.1, 0.15) is 55.9 Å². The Morgan fingerprint density at radius 1 is 1.43 bits per heavy atom. The number of aromatic nitrogens is 1. The fourth-order valence-corrected chi connectivity index (χ4v) is 2.76. The van der Waals surface area contributed by atoms with E-state index in [0.717, 1.165) is 11.3 Å². The Labute approximate surface area is 129 Å². The van der Waals surface area contributed by atoms with Gasteiger partial charge in [0, 0.05) is 17.9 Å². The molecule has 0 bridgehead atoms. The zero-order valence-corrected chi connectivity index (χ0v) is 14.0. The van der Waals surface area contributed by atoms with Crippen LogP contribution in [0, 0.1) is 0 Å². The maximum atomic E-state index is 11.8. The van der Waals surface area contributed by atoms with Gasteiger partial charge in [-0.15, -0.1) is 0 Å². The van der Waals surface area contributed by atoms with Crippen molar-refractivity contribution in [2.75, 3.05) is 12.4 Å². The highest BCUT2D eigenvalue weighted by atomic mass is 32.1. The van der Waals surface area contributed by atoms with E-state index >= 15 is 0 Å². The van der Waals surface area contributed by atoms with Gasteiger partial charge in [0.2, 0.25) is 5.91 Å². The van der Waals surface area contributed by atoms with Gasteiger partial charge in [-0.25, -0.2) is 9.78 Å². The number of hydrogen-bond acceptors (Lipinski definition) is 6. The minimum absolute atomic E-state index is 0.0252. The van der Waals surface area contributed by atoms with Crippen LogP contribution in [0.15, 0.2) is 0 Å². The summed E-state index contributed by atoms with van der Waals surface area (Å²) in [5, 5.41) is 3.13. The van der Waals surface area contributed by atoms with Crippen LogP contribution in [0.2, 0.25) is 0 Å². The number of esters is 1. The van der Waals surface area contributed by atoms with Crippen LogP contribution in [-0.4, -0.2) is 30.0 Å². The lowest BCUT2D eigenvalue weighted by Crippen LogP contribution is -2.19. The molecule has 1 unspecified atom stereocenters. The molecule has 0 spiro atoms. The third-order valence-corrected chi connectivity index (χ3v) is 3.73. The number of methoxy groups -OCH3 is 1. The fraction of sp³-hybridized carbons (Fsp3) is 0.643. The van der Waals surface area contributed by atoms with Gasteiger partial charge < -0.3 is 15.8 Å². The van der Waals surface area contributed by atoms with Crippen molar-refractivity contribution >= 4 is 28.3 Å². The van der Waals surface area contributed by atoms with E-state index in [-0.39, 0.29) is 17.4 Å². The van der Waals surface area contributed by atoms with Crippen molar-refractivity contribution in [2.24, 2.45) is 5.73 Å². The monoisotopic (exact) mass is 313 g/mol. The number of rotatable bonds is 5. The lowest BCUT2D eigenvalue weighted by atomic mass is 9.91. The van der Waals surface area contributed by atoms with Gasteiger partial charge in [-0.05, 0) is 13.3 Å². The molecule has 0 aliphatic rings. The van der Waals surface area contributed by atoms with Gasteiger partial charge in [0.05, 0.1) is 12.8 Å². The molecule has 0 saturated carbocycles. The number of amides is 1. The molecular weight excluding hydrogens is 290 g/mol. The number of nitrogens with one attached hydrogen (secondary N) is 1. The first-order valence-corrected chi connectivity index (χ1v) is 7.62. The molecule has 7 heteroatoms. The van der Waals surface area contributed by atoms with Crippen LogP contribution >= 0.6 is 11.3 Å². The van der Waals surface area contributed by atoms with Crippen molar-refractivity contribution in [1.29, 1.82) is 0 Å². The summed E-state index contributed by atoms with van der Waals surface area (Å²) in [6.07, 6.45) is 0.933. The molecule has 1 amide bonds. The summed E-state index contributed by atoms with van der Waals surface area (Å²) in [6.45, 7) is 7.71. The lowest BCUT2D eigenvalue weighted by molar-refractivity contribution is -0.116. The van der Waals surface area contributed by atoms with E-state index in [4.69, 9.17) is 10.5 Å². The maximum absolute atomic E-state index is 11.8. The zero-order valence-electron chi connectivity index (χ0n) is 13.1. The molecule has 1 heterocycles. The number of carbonyl (C=O) groups excluding carboxylic acids is 2. The topological polar surface area (TPSA) is 94.3 Å². The third-order valence-electron chi connectivity index (χ3n) is 2.78. The standard InChI is InChI=1S/C14H23N3O3S/c1-8(15)6-7-9(18)16-13-17-11(14(2,3)4)10(21-13)12(19)20-5/h8H,6-7,15H2,1-5H3,(H,16,17,18). The number of nitrogens with zero attached hydrogens (tertiary/aromatic N) is 1. The van der Waals surface area contributed by atoms with E-state index in [2.05, 4.69) is 10.3 Å². The molecule has 1 aromatic heterocycles. The van der Waals surface area contributed by atoms with Gasteiger partial charge in [-0.1, -0.05) is 32.1 Å². The smallest absolute Gasteiger partial charge is 0.350 e. The van der Waals surface area contributed by atoms with E-state index in [1.807, 2.05) is 27.7 Å².